The monoisotopic (exact) mass is 386 g/mol. The zero-order valence-corrected chi connectivity index (χ0v) is 16.9. The van der Waals surface area contributed by atoms with Gasteiger partial charge in [0.2, 0.25) is 0 Å². The van der Waals surface area contributed by atoms with Crippen molar-refractivity contribution in [2.75, 3.05) is 0 Å². The number of carbonyl (C=O) groups is 1. The first-order chi connectivity index (χ1) is 13.0. The number of benzene rings is 1. The number of carbonyl (C=O) groups excluding carboxylic acids is 1. The Hall–Kier alpha value is -1.82. The van der Waals surface area contributed by atoms with Crippen molar-refractivity contribution in [1.82, 2.24) is 9.55 Å². The van der Waals surface area contributed by atoms with E-state index >= 15 is 0 Å². The molecule has 0 bridgehead atoms. The molecule has 2 fully saturated rings. The molecule has 144 valence electrons. The van der Waals surface area contributed by atoms with Crippen molar-refractivity contribution >= 4 is 28.6 Å². The van der Waals surface area contributed by atoms with Crippen LogP contribution in [0.3, 0.4) is 0 Å². The number of hydrogen-bond donors (Lipinski definition) is 0. The lowest BCUT2D eigenvalue weighted by Crippen LogP contribution is -2.35. The molecular weight excluding hydrogens is 360 g/mol. The third-order valence-corrected chi connectivity index (χ3v) is 7.31. The fourth-order valence-electron chi connectivity index (χ4n) is 4.36. The maximum Gasteiger partial charge on any atom is 0.319 e. The summed E-state index contributed by atoms with van der Waals surface area (Å²) in [5.41, 5.74) is 0.700. The zero-order chi connectivity index (χ0) is 19.1. The van der Waals surface area contributed by atoms with E-state index in [0.717, 1.165) is 12.8 Å². The second-order valence-corrected chi connectivity index (χ2v) is 9.18. The number of nitrogens with zero attached hydrogens (tertiary/aromatic N) is 2. The summed E-state index contributed by atoms with van der Waals surface area (Å²) in [6.45, 7) is 6.40. The summed E-state index contributed by atoms with van der Waals surface area (Å²) in [6, 6.07) is 7.61. The van der Waals surface area contributed by atoms with Gasteiger partial charge in [-0.05, 0) is 37.3 Å². The van der Waals surface area contributed by atoms with Gasteiger partial charge in [0.05, 0.1) is 10.9 Å². The Morgan fingerprint density at radius 2 is 1.93 bits per heavy atom. The van der Waals surface area contributed by atoms with Crippen LogP contribution in [0.1, 0.15) is 52.5 Å². The molecule has 2 heterocycles. The van der Waals surface area contributed by atoms with Gasteiger partial charge >= 0.3 is 5.97 Å². The van der Waals surface area contributed by atoms with Crippen LogP contribution in [0, 0.1) is 11.8 Å². The van der Waals surface area contributed by atoms with Gasteiger partial charge in [-0.3, -0.25) is 14.2 Å². The van der Waals surface area contributed by atoms with Crippen molar-refractivity contribution in [3.05, 3.63) is 34.6 Å². The molecule has 0 N–H and O–H groups in total. The molecule has 4 rings (SSSR count). The highest BCUT2D eigenvalue weighted by Crippen LogP contribution is 2.40. The molecule has 0 radical (unpaired) electrons. The van der Waals surface area contributed by atoms with Crippen molar-refractivity contribution in [1.29, 1.82) is 0 Å². The molecule has 0 spiro atoms. The molecule has 6 heteroatoms. The number of hydrogen-bond acceptors (Lipinski definition) is 5. The second kappa shape index (κ2) is 7.30. The topological polar surface area (TPSA) is 61.2 Å². The highest BCUT2D eigenvalue weighted by molar-refractivity contribution is 8.00. The predicted octanol–water partition coefficient (Wildman–Crippen LogP) is 4.19. The van der Waals surface area contributed by atoms with Gasteiger partial charge in [-0.1, -0.05) is 50.6 Å². The van der Waals surface area contributed by atoms with Gasteiger partial charge in [0.1, 0.15) is 11.4 Å². The summed E-state index contributed by atoms with van der Waals surface area (Å²) in [6.07, 6.45) is 3.86. The average molecular weight is 387 g/mol. The van der Waals surface area contributed by atoms with Gasteiger partial charge in [-0.2, -0.15) is 0 Å². The summed E-state index contributed by atoms with van der Waals surface area (Å²) in [5.74, 6) is 0.760. The first-order valence-electron chi connectivity index (χ1n) is 9.84. The largest absolute Gasteiger partial charge is 0.462 e. The van der Waals surface area contributed by atoms with Gasteiger partial charge in [0.25, 0.3) is 5.56 Å². The van der Waals surface area contributed by atoms with Crippen molar-refractivity contribution in [2.24, 2.45) is 11.8 Å². The molecule has 5 nitrogen and oxygen atoms in total. The van der Waals surface area contributed by atoms with E-state index in [1.807, 2.05) is 35.8 Å². The van der Waals surface area contributed by atoms with E-state index in [4.69, 9.17) is 9.72 Å². The maximum atomic E-state index is 13.4. The zero-order valence-electron chi connectivity index (χ0n) is 16.1. The lowest BCUT2D eigenvalue weighted by molar-refractivity contribution is -0.140. The number of thioether (sulfide) groups is 1. The van der Waals surface area contributed by atoms with Crippen LogP contribution in [0.2, 0.25) is 0 Å². The second-order valence-electron chi connectivity index (χ2n) is 8.01. The lowest BCUT2D eigenvalue weighted by Gasteiger charge is -2.36. The van der Waals surface area contributed by atoms with E-state index in [-0.39, 0.29) is 28.9 Å². The Labute approximate surface area is 163 Å². The Morgan fingerprint density at radius 1 is 1.15 bits per heavy atom. The molecule has 0 amide bonds. The summed E-state index contributed by atoms with van der Waals surface area (Å²) < 4.78 is 7.19. The molecule has 5 atom stereocenters. The summed E-state index contributed by atoms with van der Waals surface area (Å²) in [4.78, 5) is 30.4. The molecule has 1 aliphatic heterocycles. The van der Waals surface area contributed by atoms with Crippen LogP contribution < -0.4 is 5.56 Å². The first kappa shape index (κ1) is 18.5. The number of ether oxygens (including phenoxy) is 1. The van der Waals surface area contributed by atoms with Gasteiger partial charge < -0.3 is 4.74 Å². The van der Waals surface area contributed by atoms with Crippen LogP contribution in [0.4, 0.5) is 0 Å². The van der Waals surface area contributed by atoms with Crippen molar-refractivity contribution in [3.63, 3.8) is 0 Å². The fourth-order valence-corrected chi connectivity index (χ4v) is 5.62. The minimum absolute atomic E-state index is 0.00784. The van der Waals surface area contributed by atoms with Crippen molar-refractivity contribution in [2.45, 2.75) is 69.0 Å². The molecule has 2 aromatic rings. The van der Waals surface area contributed by atoms with E-state index in [2.05, 4.69) is 13.8 Å². The molecule has 1 aliphatic carbocycles. The summed E-state index contributed by atoms with van der Waals surface area (Å²) in [7, 11) is 0. The van der Waals surface area contributed by atoms with Gasteiger partial charge in [0, 0.05) is 12.5 Å². The Balaban J connectivity index is 1.83. The number of rotatable bonds is 3. The molecular formula is C21H26N2O3S. The number of esters is 1. The van der Waals surface area contributed by atoms with E-state index in [9.17, 15) is 9.59 Å². The standard InChI is InChI=1S/C21H26N2O3S/c1-12-7-6-10-17(14(12)3)23-19(24)15-8-4-5-9-16(15)22-21(23)27-18-11-13(2)26-20(18)25/h4-5,8-9,12-14,17-18H,6-7,10-11H2,1-3H3/t12-,13+,14-,17+,18-/m0/s1. The Kier molecular flexibility index (Phi) is 5.01. The smallest absolute Gasteiger partial charge is 0.319 e. The molecule has 1 aromatic carbocycles. The van der Waals surface area contributed by atoms with Crippen LogP contribution in [0.5, 0.6) is 0 Å². The average Bonchev–Trinajstić information content (AvgIpc) is 2.95. The fraction of sp³-hybridized carbons (Fsp3) is 0.571. The normalized spacial score (nSPS) is 31.2. The SMILES string of the molecule is C[C@@H]1[C@H](n2c(S[C@H]3C[C@@H](C)OC3=O)nc3ccccc3c2=O)CCC[C@@H]1C. The maximum absolute atomic E-state index is 13.4. The predicted molar refractivity (Wildman–Crippen MR) is 107 cm³/mol. The van der Waals surface area contributed by atoms with Crippen LogP contribution in [-0.4, -0.2) is 26.9 Å². The third-order valence-electron chi connectivity index (χ3n) is 6.14. The van der Waals surface area contributed by atoms with Gasteiger partial charge in [-0.15, -0.1) is 0 Å². The van der Waals surface area contributed by atoms with Crippen LogP contribution >= 0.6 is 11.8 Å². The minimum Gasteiger partial charge on any atom is -0.462 e. The third kappa shape index (κ3) is 3.40. The van der Waals surface area contributed by atoms with Crippen LogP contribution in [0.25, 0.3) is 10.9 Å². The van der Waals surface area contributed by atoms with E-state index in [0.29, 0.717) is 34.3 Å². The minimum atomic E-state index is -0.296. The Morgan fingerprint density at radius 3 is 2.67 bits per heavy atom. The number of fused-ring (bicyclic) bond motifs is 1. The van der Waals surface area contributed by atoms with Crippen molar-refractivity contribution < 1.29 is 9.53 Å². The highest BCUT2D eigenvalue weighted by atomic mass is 32.2. The van der Waals surface area contributed by atoms with Crippen LogP contribution in [-0.2, 0) is 9.53 Å². The molecule has 0 unspecified atom stereocenters. The summed E-state index contributed by atoms with van der Waals surface area (Å²) in [5, 5.41) is 1.01. The number of cyclic esters (lactones) is 1. The molecule has 27 heavy (non-hydrogen) atoms. The first-order valence-corrected chi connectivity index (χ1v) is 10.7. The number of aromatic nitrogens is 2. The van der Waals surface area contributed by atoms with E-state index in [1.54, 1.807) is 0 Å². The van der Waals surface area contributed by atoms with Gasteiger partial charge in [-0.25, -0.2) is 4.98 Å². The molecule has 1 saturated heterocycles. The quantitative estimate of drug-likeness (QED) is 0.585. The van der Waals surface area contributed by atoms with Crippen LogP contribution in [0.15, 0.2) is 34.2 Å². The molecule has 1 aromatic heterocycles. The lowest BCUT2D eigenvalue weighted by atomic mass is 9.78. The van der Waals surface area contributed by atoms with E-state index < -0.39 is 0 Å². The molecule has 1 saturated carbocycles. The highest BCUT2D eigenvalue weighted by Gasteiger charge is 2.36. The van der Waals surface area contributed by atoms with E-state index in [1.165, 1.54) is 18.2 Å². The van der Waals surface area contributed by atoms with Gasteiger partial charge in [0.15, 0.2) is 5.16 Å². The summed E-state index contributed by atoms with van der Waals surface area (Å²) >= 11 is 1.39. The molecule has 2 aliphatic rings. The number of para-hydroxylation sites is 1. The van der Waals surface area contributed by atoms with Crippen molar-refractivity contribution in [3.8, 4) is 0 Å². The Bertz CT molecular complexity index is 925.